The molecule has 0 aliphatic carbocycles. The van der Waals surface area contributed by atoms with Crippen LogP contribution in [0.15, 0.2) is 18.2 Å². The highest BCUT2D eigenvalue weighted by atomic mass is 19.1. The molecule has 0 aromatic heterocycles. The minimum absolute atomic E-state index is 0.0401. The van der Waals surface area contributed by atoms with Crippen molar-refractivity contribution in [3.63, 3.8) is 0 Å². The zero-order valence-electron chi connectivity index (χ0n) is 12.7. The van der Waals surface area contributed by atoms with Crippen molar-refractivity contribution in [2.75, 3.05) is 6.54 Å². The van der Waals surface area contributed by atoms with Gasteiger partial charge in [0.2, 0.25) is 0 Å². The van der Waals surface area contributed by atoms with E-state index in [0.717, 1.165) is 0 Å². The lowest BCUT2D eigenvalue weighted by Crippen LogP contribution is -2.29. The number of aryl methyl sites for hydroxylation is 1. The van der Waals surface area contributed by atoms with Gasteiger partial charge in [0.05, 0.1) is 5.56 Å². The number of carboxylic acid groups (broad SMARTS) is 1. The second-order valence-electron chi connectivity index (χ2n) is 6.00. The summed E-state index contributed by atoms with van der Waals surface area (Å²) in [5.41, 5.74) is 0.291. The summed E-state index contributed by atoms with van der Waals surface area (Å²) in [6, 6.07) is 4.71. The number of nitrogens with one attached hydrogen (secondary N) is 1. The van der Waals surface area contributed by atoms with Crippen molar-refractivity contribution >= 4 is 11.9 Å². The molecule has 0 saturated heterocycles. The standard InChI is InChI=1S/C16H22FNO3/c1-11-5-4-6-12(14(11)17)15(21)18-10-9-16(2,3)8-7-13(19)20/h4-6H,7-10H2,1-3H3,(H,18,21)(H,19,20). The molecule has 0 fully saturated rings. The number of benzene rings is 1. The van der Waals surface area contributed by atoms with Crippen molar-refractivity contribution < 1.29 is 19.1 Å². The third-order valence-electron chi connectivity index (χ3n) is 3.54. The Morgan fingerprint density at radius 2 is 1.95 bits per heavy atom. The lowest BCUT2D eigenvalue weighted by Gasteiger charge is -2.23. The van der Waals surface area contributed by atoms with Gasteiger partial charge in [-0.25, -0.2) is 4.39 Å². The molecule has 0 unspecified atom stereocenters. The molecule has 1 aromatic carbocycles. The third-order valence-corrected chi connectivity index (χ3v) is 3.54. The zero-order valence-corrected chi connectivity index (χ0v) is 12.7. The van der Waals surface area contributed by atoms with E-state index in [1.54, 1.807) is 19.1 Å². The molecule has 1 rings (SSSR count). The van der Waals surface area contributed by atoms with Gasteiger partial charge in [-0.15, -0.1) is 0 Å². The number of amides is 1. The Bertz CT molecular complexity index is 526. The van der Waals surface area contributed by atoms with Gasteiger partial charge in [0, 0.05) is 13.0 Å². The van der Waals surface area contributed by atoms with Crippen molar-refractivity contribution in [1.29, 1.82) is 0 Å². The molecule has 116 valence electrons. The molecule has 0 bridgehead atoms. The summed E-state index contributed by atoms with van der Waals surface area (Å²) in [6.07, 6.45) is 1.28. The van der Waals surface area contributed by atoms with E-state index in [9.17, 15) is 14.0 Å². The first-order chi connectivity index (χ1) is 9.73. The Balaban J connectivity index is 2.50. The fourth-order valence-corrected chi connectivity index (χ4v) is 2.00. The van der Waals surface area contributed by atoms with E-state index in [2.05, 4.69) is 5.32 Å². The summed E-state index contributed by atoms with van der Waals surface area (Å²) in [5, 5.41) is 11.4. The van der Waals surface area contributed by atoms with Gasteiger partial charge in [-0.3, -0.25) is 9.59 Å². The summed E-state index contributed by atoms with van der Waals surface area (Å²) < 4.78 is 13.8. The van der Waals surface area contributed by atoms with Gasteiger partial charge in [-0.05, 0) is 36.8 Å². The van der Waals surface area contributed by atoms with Crippen molar-refractivity contribution in [3.8, 4) is 0 Å². The molecule has 1 amide bonds. The molecule has 0 aliphatic heterocycles. The monoisotopic (exact) mass is 295 g/mol. The Hall–Kier alpha value is -1.91. The Labute approximate surface area is 124 Å². The van der Waals surface area contributed by atoms with Gasteiger partial charge >= 0.3 is 5.97 Å². The number of rotatable bonds is 7. The van der Waals surface area contributed by atoms with E-state index in [1.165, 1.54) is 6.07 Å². The predicted molar refractivity (Wildman–Crippen MR) is 78.7 cm³/mol. The predicted octanol–water partition coefficient (Wildman–Crippen LogP) is 3.15. The molecule has 0 saturated carbocycles. The first-order valence-corrected chi connectivity index (χ1v) is 6.98. The maximum Gasteiger partial charge on any atom is 0.303 e. The van der Waals surface area contributed by atoms with Crippen LogP contribution in [-0.2, 0) is 4.79 Å². The first-order valence-electron chi connectivity index (χ1n) is 6.98. The maximum absolute atomic E-state index is 13.8. The Morgan fingerprint density at radius 3 is 2.57 bits per heavy atom. The highest BCUT2D eigenvalue weighted by Crippen LogP contribution is 2.26. The van der Waals surface area contributed by atoms with Crippen LogP contribution in [0, 0.1) is 18.2 Å². The minimum Gasteiger partial charge on any atom is -0.481 e. The van der Waals surface area contributed by atoms with E-state index < -0.39 is 17.7 Å². The van der Waals surface area contributed by atoms with Crippen LogP contribution in [0.4, 0.5) is 4.39 Å². The number of carboxylic acids is 1. The molecule has 0 atom stereocenters. The first kappa shape index (κ1) is 17.1. The van der Waals surface area contributed by atoms with Crippen LogP contribution >= 0.6 is 0 Å². The van der Waals surface area contributed by atoms with E-state index in [4.69, 9.17) is 5.11 Å². The summed E-state index contributed by atoms with van der Waals surface area (Å²) in [7, 11) is 0. The summed E-state index contributed by atoms with van der Waals surface area (Å²) in [4.78, 5) is 22.5. The quantitative estimate of drug-likeness (QED) is 0.812. The van der Waals surface area contributed by atoms with Crippen LogP contribution in [-0.4, -0.2) is 23.5 Å². The number of carbonyl (C=O) groups excluding carboxylic acids is 1. The smallest absolute Gasteiger partial charge is 0.303 e. The number of hydrogen-bond donors (Lipinski definition) is 2. The van der Waals surface area contributed by atoms with Gasteiger partial charge in [0.25, 0.3) is 5.91 Å². The fraction of sp³-hybridized carbons (Fsp3) is 0.500. The van der Waals surface area contributed by atoms with Crippen LogP contribution in [0.5, 0.6) is 0 Å². The number of aliphatic carboxylic acids is 1. The van der Waals surface area contributed by atoms with Crippen LogP contribution in [0.2, 0.25) is 0 Å². The van der Waals surface area contributed by atoms with E-state index >= 15 is 0 Å². The van der Waals surface area contributed by atoms with Gasteiger partial charge in [-0.2, -0.15) is 0 Å². The fourth-order valence-electron chi connectivity index (χ4n) is 2.00. The molecule has 5 heteroatoms. The third kappa shape index (κ3) is 5.53. The van der Waals surface area contributed by atoms with Crippen molar-refractivity contribution in [2.24, 2.45) is 5.41 Å². The van der Waals surface area contributed by atoms with Crippen LogP contribution in [0.1, 0.15) is 49.0 Å². The molecular formula is C16H22FNO3. The lowest BCUT2D eigenvalue weighted by molar-refractivity contribution is -0.137. The molecule has 0 aliphatic rings. The largest absolute Gasteiger partial charge is 0.481 e. The van der Waals surface area contributed by atoms with Crippen molar-refractivity contribution in [1.82, 2.24) is 5.32 Å². The topological polar surface area (TPSA) is 66.4 Å². The molecule has 21 heavy (non-hydrogen) atoms. The summed E-state index contributed by atoms with van der Waals surface area (Å²) >= 11 is 0. The maximum atomic E-state index is 13.8. The van der Waals surface area contributed by atoms with Gasteiger partial charge < -0.3 is 10.4 Å². The van der Waals surface area contributed by atoms with E-state index in [0.29, 0.717) is 24.9 Å². The molecule has 2 N–H and O–H groups in total. The van der Waals surface area contributed by atoms with E-state index in [-0.39, 0.29) is 17.4 Å². The molecule has 1 aromatic rings. The molecular weight excluding hydrogens is 273 g/mol. The second kappa shape index (κ2) is 7.20. The summed E-state index contributed by atoms with van der Waals surface area (Å²) in [5.74, 6) is -1.76. The zero-order chi connectivity index (χ0) is 16.0. The Kier molecular flexibility index (Phi) is 5.88. The van der Waals surface area contributed by atoms with Crippen LogP contribution < -0.4 is 5.32 Å². The van der Waals surface area contributed by atoms with Gasteiger partial charge in [0.15, 0.2) is 0 Å². The highest BCUT2D eigenvalue weighted by Gasteiger charge is 2.20. The van der Waals surface area contributed by atoms with Gasteiger partial charge in [-0.1, -0.05) is 26.0 Å². The summed E-state index contributed by atoms with van der Waals surface area (Å²) in [6.45, 7) is 5.91. The molecule has 0 radical (unpaired) electrons. The van der Waals surface area contributed by atoms with Gasteiger partial charge in [0.1, 0.15) is 5.82 Å². The average Bonchev–Trinajstić information content (AvgIpc) is 2.39. The normalized spacial score (nSPS) is 11.2. The molecule has 0 heterocycles. The van der Waals surface area contributed by atoms with Crippen LogP contribution in [0.25, 0.3) is 0 Å². The number of carbonyl (C=O) groups is 2. The SMILES string of the molecule is Cc1cccc(C(=O)NCCC(C)(C)CCC(=O)O)c1F. The van der Waals surface area contributed by atoms with E-state index in [1.807, 2.05) is 13.8 Å². The highest BCUT2D eigenvalue weighted by molar-refractivity contribution is 5.94. The van der Waals surface area contributed by atoms with Crippen molar-refractivity contribution in [3.05, 3.63) is 35.1 Å². The van der Waals surface area contributed by atoms with Crippen molar-refractivity contribution in [2.45, 2.75) is 40.0 Å². The lowest BCUT2D eigenvalue weighted by atomic mass is 9.84. The Morgan fingerprint density at radius 1 is 1.29 bits per heavy atom. The molecule has 4 nitrogen and oxygen atoms in total. The minimum atomic E-state index is -0.825. The average molecular weight is 295 g/mol. The number of halogens is 1. The number of hydrogen-bond acceptors (Lipinski definition) is 2. The second-order valence-corrected chi connectivity index (χ2v) is 6.00. The molecule has 0 spiro atoms. The van der Waals surface area contributed by atoms with Crippen LogP contribution in [0.3, 0.4) is 0 Å².